The highest BCUT2D eigenvalue weighted by Crippen LogP contribution is 2.26. The Bertz CT molecular complexity index is 984. The second-order valence-corrected chi connectivity index (χ2v) is 6.11. The van der Waals surface area contributed by atoms with Crippen molar-refractivity contribution in [3.8, 4) is 11.9 Å². The quantitative estimate of drug-likeness (QED) is 0.346. The number of nitriles is 1. The molecule has 0 aliphatic rings. The van der Waals surface area contributed by atoms with Crippen molar-refractivity contribution in [3.05, 3.63) is 67.0 Å². The smallest absolute Gasteiger partial charge is 0.271 e. The van der Waals surface area contributed by atoms with Crippen molar-refractivity contribution in [1.29, 1.82) is 5.26 Å². The number of benzene rings is 1. The highest BCUT2D eigenvalue weighted by atomic mass is 16.6. The molecule has 0 fully saturated rings. The molecule has 0 saturated carbocycles. The summed E-state index contributed by atoms with van der Waals surface area (Å²) in [5.41, 5.74) is -0.943. The highest BCUT2D eigenvalue weighted by molar-refractivity contribution is 6.11. The molecule has 0 unspecified atom stereocenters. The van der Waals surface area contributed by atoms with E-state index >= 15 is 0 Å². The van der Waals surface area contributed by atoms with Crippen molar-refractivity contribution >= 4 is 11.5 Å². The van der Waals surface area contributed by atoms with E-state index in [1.165, 1.54) is 31.2 Å². The lowest BCUT2D eigenvalue weighted by atomic mass is 9.97. The van der Waals surface area contributed by atoms with Gasteiger partial charge in [-0.2, -0.15) is 5.26 Å². The molecule has 1 aromatic heterocycles. The fourth-order valence-electron chi connectivity index (χ4n) is 2.83. The number of hydrogen-bond acceptors (Lipinski definition) is 6. The molecule has 0 saturated heterocycles. The zero-order valence-electron chi connectivity index (χ0n) is 15.1. The maximum absolute atomic E-state index is 12.9. The monoisotopic (exact) mass is 369 g/mol. The number of aromatic hydroxyl groups is 1. The number of nitro benzene ring substituents is 1. The molecule has 2 rings (SSSR count). The average Bonchev–Trinajstić information content (AvgIpc) is 2.65. The maximum atomic E-state index is 12.9. The standard InChI is InChI=1S/C19H19N3O5/c1-3-4-5-10-21-18(24)15(11-20)12(2)16(19(21)25)17(23)13-6-8-14(9-7-13)22(26)27/h6-9,25H,3-5,10H2,1-2H3. The molecular formula is C19H19N3O5. The summed E-state index contributed by atoms with van der Waals surface area (Å²) in [6.45, 7) is 3.60. The molecule has 8 nitrogen and oxygen atoms in total. The van der Waals surface area contributed by atoms with Crippen LogP contribution in [0.25, 0.3) is 0 Å². The van der Waals surface area contributed by atoms with Crippen LogP contribution < -0.4 is 5.56 Å². The van der Waals surface area contributed by atoms with Crippen LogP contribution in [0, 0.1) is 28.4 Å². The van der Waals surface area contributed by atoms with Crippen molar-refractivity contribution in [2.75, 3.05) is 0 Å². The topological polar surface area (TPSA) is 126 Å². The van der Waals surface area contributed by atoms with Crippen LogP contribution in [0.1, 0.15) is 53.2 Å². The van der Waals surface area contributed by atoms with E-state index in [2.05, 4.69) is 0 Å². The molecule has 0 bridgehead atoms. The molecule has 0 aliphatic heterocycles. The van der Waals surface area contributed by atoms with Crippen molar-refractivity contribution in [3.63, 3.8) is 0 Å². The van der Waals surface area contributed by atoms with Crippen molar-refractivity contribution < 1.29 is 14.8 Å². The summed E-state index contributed by atoms with van der Waals surface area (Å²) in [6.07, 6.45) is 2.34. The molecule has 0 atom stereocenters. The van der Waals surface area contributed by atoms with Gasteiger partial charge in [-0.3, -0.25) is 24.3 Å². The summed E-state index contributed by atoms with van der Waals surface area (Å²) in [6, 6.07) is 6.72. The first-order chi connectivity index (χ1) is 12.8. The van der Waals surface area contributed by atoms with E-state index in [1.54, 1.807) is 6.07 Å². The Morgan fingerprint density at radius 1 is 1.30 bits per heavy atom. The molecule has 0 aliphatic carbocycles. The van der Waals surface area contributed by atoms with Crippen molar-refractivity contribution in [2.45, 2.75) is 39.7 Å². The Balaban J connectivity index is 2.59. The SMILES string of the molecule is CCCCCn1c(O)c(C(=O)c2ccc([N+](=O)[O-])cc2)c(C)c(C#N)c1=O. The first-order valence-electron chi connectivity index (χ1n) is 8.49. The van der Waals surface area contributed by atoms with Gasteiger partial charge < -0.3 is 5.11 Å². The maximum Gasteiger partial charge on any atom is 0.271 e. The number of rotatable bonds is 7. The number of hydrogen-bond donors (Lipinski definition) is 1. The fraction of sp³-hybridized carbons (Fsp3) is 0.316. The number of nitro groups is 1. The molecule has 1 N–H and O–H groups in total. The summed E-state index contributed by atoms with van der Waals surface area (Å²) >= 11 is 0. The number of aromatic nitrogens is 1. The van der Waals surface area contributed by atoms with E-state index in [0.717, 1.165) is 17.4 Å². The Morgan fingerprint density at radius 2 is 1.93 bits per heavy atom. The average molecular weight is 369 g/mol. The van der Waals surface area contributed by atoms with E-state index in [-0.39, 0.29) is 34.5 Å². The number of unbranched alkanes of at least 4 members (excludes halogenated alkanes) is 2. The minimum Gasteiger partial charge on any atom is -0.494 e. The summed E-state index contributed by atoms with van der Waals surface area (Å²) in [5, 5.41) is 30.7. The largest absolute Gasteiger partial charge is 0.494 e. The van der Waals surface area contributed by atoms with Crippen LogP contribution in [-0.2, 0) is 6.54 Å². The highest BCUT2D eigenvalue weighted by Gasteiger charge is 2.25. The van der Waals surface area contributed by atoms with E-state index in [1.807, 2.05) is 6.92 Å². The van der Waals surface area contributed by atoms with Gasteiger partial charge in [-0.25, -0.2) is 0 Å². The van der Waals surface area contributed by atoms with Crippen LogP contribution in [0.5, 0.6) is 5.88 Å². The Labute approximate surface area is 155 Å². The first kappa shape index (κ1) is 19.8. The third-order valence-corrected chi connectivity index (χ3v) is 4.35. The molecule has 140 valence electrons. The predicted molar refractivity (Wildman–Crippen MR) is 97.9 cm³/mol. The Morgan fingerprint density at radius 3 is 2.44 bits per heavy atom. The summed E-state index contributed by atoms with van der Waals surface area (Å²) in [7, 11) is 0. The van der Waals surface area contributed by atoms with Crippen LogP contribution >= 0.6 is 0 Å². The second-order valence-electron chi connectivity index (χ2n) is 6.11. The minimum atomic E-state index is -0.635. The summed E-state index contributed by atoms with van der Waals surface area (Å²) in [4.78, 5) is 35.5. The van der Waals surface area contributed by atoms with Crippen LogP contribution in [0.2, 0.25) is 0 Å². The zero-order chi connectivity index (χ0) is 20.1. The Hall–Kier alpha value is -3.47. The number of ketones is 1. The van der Waals surface area contributed by atoms with E-state index < -0.39 is 22.1 Å². The molecular weight excluding hydrogens is 350 g/mol. The van der Waals surface area contributed by atoms with Crippen LogP contribution in [-0.4, -0.2) is 20.4 Å². The van der Waals surface area contributed by atoms with Crippen molar-refractivity contribution in [2.24, 2.45) is 0 Å². The molecule has 0 radical (unpaired) electrons. The van der Waals surface area contributed by atoms with Gasteiger partial charge in [0.15, 0.2) is 5.78 Å². The van der Waals surface area contributed by atoms with Crippen molar-refractivity contribution in [1.82, 2.24) is 4.57 Å². The number of nitrogens with zero attached hydrogens (tertiary/aromatic N) is 3. The normalized spacial score (nSPS) is 10.4. The van der Waals surface area contributed by atoms with E-state index in [4.69, 9.17) is 0 Å². The van der Waals surface area contributed by atoms with Gasteiger partial charge in [0.25, 0.3) is 11.2 Å². The number of carbonyl (C=O) groups excluding carboxylic acids is 1. The molecule has 0 amide bonds. The Kier molecular flexibility index (Phi) is 6.08. The third kappa shape index (κ3) is 3.87. The third-order valence-electron chi connectivity index (χ3n) is 4.35. The van der Waals surface area contributed by atoms with Crippen LogP contribution in [0.15, 0.2) is 29.1 Å². The molecule has 0 spiro atoms. The predicted octanol–water partition coefficient (Wildman–Crippen LogP) is 3.06. The lowest BCUT2D eigenvalue weighted by Crippen LogP contribution is -2.27. The molecule has 1 aromatic carbocycles. The molecule has 27 heavy (non-hydrogen) atoms. The van der Waals surface area contributed by atoms with Crippen LogP contribution in [0.3, 0.4) is 0 Å². The number of carbonyl (C=O) groups is 1. The molecule has 1 heterocycles. The van der Waals surface area contributed by atoms with Gasteiger partial charge in [-0.1, -0.05) is 19.8 Å². The zero-order valence-corrected chi connectivity index (χ0v) is 15.1. The fourth-order valence-corrected chi connectivity index (χ4v) is 2.83. The van der Waals surface area contributed by atoms with Crippen LogP contribution in [0.4, 0.5) is 5.69 Å². The second kappa shape index (κ2) is 8.27. The van der Waals surface area contributed by atoms with Gasteiger partial charge in [-0.15, -0.1) is 0 Å². The molecule has 8 heteroatoms. The number of non-ortho nitro benzene ring substituents is 1. The summed E-state index contributed by atoms with van der Waals surface area (Å²) < 4.78 is 1.04. The van der Waals surface area contributed by atoms with Gasteiger partial charge in [0, 0.05) is 24.2 Å². The minimum absolute atomic E-state index is 0.0927. The first-order valence-corrected chi connectivity index (χ1v) is 8.49. The van der Waals surface area contributed by atoms with Gasteiger partial charge in [0.1, 0.15) is 11.6 Å². The van der Waals surface area contributed by atoms with E-state index in [0.29, 0.717) is 6.42 Å². The van der Waals surface area contributed by atoms with Gasteiger partial charge in [-0.05, 0) is 31.0 Å². The molecule has 2 aromatic rings. The van der Waals surface area contributed by atoms with Gasteiger partial charge >= 0.3 is 0 Å². The summed E-state index contributed by atoms with van der Waals surface area (Å²) in [5.74, 6) is -1.10. The van der Waals surface area contributed by atoms with Gasteiger partial charge in [0.05, 0.1) is 10.5 Å². The lowest BCUT2D eigenvalue weighted by Gasteiger charge is -2.15. The van der Waals surface area contributed by atoms with Gasteiger partial charge in [0.2, 0.25) is 5.88 Å². The lowest BCUT2D eigenvalue weighted by molar-refractivity contribution is -0.384. The van der Waals surface area contributed by atoms with E-state index in [9.17, 15) is 30.1 Å². The number of pyridine rings is 1.